The van der Waals surface area contributed by atoms with Crippen molar-refractivity contribution in [1.29, 1.82) is 0 Å². The molecule has 0 spiro atoms. The van der Waals surface area contributed by atoms with Gasteiger partial charge in [-0.25, -0.2) is 9.59 Å². The quantitative estimate of drug-likeness (QED) is 0.711. The average molecular weight is 355 g/mol. The summed E-state index contributed by atoms with van der Waals surface area (Å²) >= 11 is 0. The molecule has 1 aliphatic carbocycles. The SMILES string of the molecule is O=C(O)COCCCNC(=O)OCC1c2ccccc2-c2ccccc21. The predicted octanol–water partition coefficient (Wildman–Crippen LogP) is 3.02. The van der Waals surface area contributed by atoms with Crippen molar-refractivity contribution in [3.8, 4) is 11.1 Å². The molecule has 6 nitrogen and oxygen atoms in total. The van der Waals surface area contributed by atoms with E-state index in [1.165, 1.54) is 22.3 Å². The molecule has 0 saturated heterocycles. The van der Waals surface area contributed by atoms with Crippen LogP contribution in [0.2, 0.25) is 0 Å². The first-order valence-electron chi connectivity index (χ1n) is 8.55. The normalized spacial score (nSPS) is 12.3. The van der Waals surface area contributed by atoms with E-state index in [0.717, 1.165) is 0 Å². The third-order valence-electron chi connectivity index (χ3n) is 4.30. The summed E-state index contributed by atoms with van der Waals surface area (Å²) in [4.78, 5) is 22.2. The summed E-state index contributed by atoms with van der Waals surface area (Å²) in [6, 6.07) is 16.3. The Morgan fingerprint density at radius 1 is 1.00 bits per heavy atom. The number of fused-ring (bicyclic) bond motifs is 3. The molecule has 0 aromatic heterocycles. The Morgan fingerprint density at radius 2 is 1.62 bits per heavy atom. The number of alkyl carbamates (subject to hydrolysis) is 1. The van der Waals surface area contributed by atoms with E-state index in [9.17, 15) is 9.59 Å². The number of nitrogens with one attached hydrogen (secondary N) is 1. The van der Waals surface area contributed by atoms with Gasteiger partial charge in [-0.3, -0.25) is 0 Å². The van der Waals surface area contributed by atoms with E-state index in [1.54, 1.807) is 0 Å². The number of ether oxygens (including phenoxy) is 2. The number of carbonyl (C=O) groups is 2. The van der Waals surface area contributed by atoms with Gasteiger partial charge in [0.25, 0.3) is 0 Å². The van der Waals surface area contributed by atoms with Gasteiger partial charge in [0.1, 0.15) is 13.2 Å². The van der Waals surface area contributed by atoms with Crippen LogP contribution in [0.5, 0.6) is 0 Å². The third-order valence-corrected chi connectivity index (χ3v) is 4.30. The molecule has 0 heterocycles. The molecule has 0 atom stereocenters. The summed E-state index contributed by atoms with van der Waals surface area (Å²) in [7, 11) is 0. The van der Waals surface area contributed by atoms with E-state index < -0.39 is 12.1 Å². The van der Waals surface area contributed by atoms with Crippen LogP contribution in [-0.4, -0.2) is 43.5 Å². The fourth-order valence-corrected chi connectivity index (χ4v) is 3.17. The second kappa shape index (κ2) is 8.49. The van der Waals surface area contributed by atoms with Crippen molar-refractivity contribution in [2.75, 3.05) is 26.4 Å². The molecule has 0 saturated carbocycles. The molecule has 2 aromatic rings. The van der Waals surface area contributed by atoms with Crippen LogP contribution >= 0.6 is 0 Å². The average Bonchev–Trinajstić information content (AvgIpc) is 2.96. The number of amides is 1. The first kappa shape index (κ1) is 17.9. The molecule has 136 valence electrons. The minimum atomic E-state index is -1.01. The lowest BCUT2D eigenvalue weighted by atomic mass is 9.98. The molecule has 2 N–H and O–H groups in total. The molecule has 1 amide bonds. The van der Waals surface area contributed by atoms with Crippen LogP contribution in [0.25, 0.3) is 11.1 Å². The zero-order chi connectivity index (χ0) is 18.4. The van der Waals surface area contributed by atoms with Gasteiger partial charge >= 0.3 is 12.1 Å². The topological polar surface area (TPSA) is 84.9 Å². The molecule has 0 unspecified atom stereocenters. The monoisotopic (exact) mass is 355 g/mol. The van der Waals surface area contributed by atoms with E-state index in [0.29, 0.717) is 13.0 Å². The zero-order valence-electron chi connectivity index (χ0n) is 14.3. The van der Waals surface area contributed by atoms with Crippen molar-refractivity contribution in [1.82, 2.24) is 5.32 Å². The van der Waals surface area contributed by atoms with Crippen LogP contribution in [0.4, 0.5) is 4.79 Å². The second-order valence-corrected chi connectivity index (χ2v) is 6.05. The predicted molar refractivity (Wildman–Crippen MR) is 96.1 cm³/mol. The van der Waals surface area contributed by atoms with Crippen LogP contribution in [0.15, 0.2) is 48.5 Å². The number of rotatable bonds is 8. The number of carbonyl (C=O) groups excluding carboxylic acids is 1. The van der Waals surface area contributed by atoms with E-state index >= 15 is 0 Å². The van der Waals surface area contributed by atoms with Gasteiger partial charge in [-0.05, 0) is 28.7 Å². The highest BCUT2D eigenvalue weighted by atomic mass is 16.5. The van der Waals surface area contributed by atoms with Gasteiger partial charge < -0.3 is 19.9 Å². The maximum absolute atomic E-state index is 11.9. The van der Waals surface area contributed by atoms with Gasteiger partial charge in [0.05, 0.1) is 0 Å². The van der Waals surface area contributed by atoms with Crippen LogP contribution < -0.4 is 5.32 Å². The van der Waals surface area contributed by atoms with Gasteiger partial charge in [-0.15, -0.1) is 0 Å². The first-order chi connectivity index (χ1) is 12.7. The summed E-state index contributed by atoms with van der Waals surface area (Å²) in [5.74, 6) is -0.971. The minimum absolute atomic E-state index is 0.0343. The van der Waals surface area contributed by atoms with Crippen molar-refractivity contribution in [3.05, 3.63) is 59.7 Å². The summed E-state index contributed by atoms with van der Waals surface area (Å²) in [6.45, 7) is 0.590. The Morgan fingerprint density at radius 3 is 2.23 bits per heavy atom. The van der Waals surface area contributed by atoms with Crippen LogP contribution in [-0.2, 0) is 14.3 Å². The maximum atomic E-state index is 11.9. The summed E-state index contributed by atoms with van der Waals surface area (Å²) in [6.07, 6.45) is 0.0439. The Bertz CT molecular complexity index is 744. The molecule has 0 aliphatic heterocycles. The number of hydrogen-bond acceptors (Lipinski definition) is 4. The molecular weight excluding hydrogens is 334 g/mol. The number of carboxylic acid groups (broad SMARTS) is 1. The summed E-state index contributed by atoms with van der Waals surface area (Å²) < 4.78 is 10.3. The molecule has 6 heteroatoms. The van der Waals surface area contributed by atoms with E-state index in [1.807, 2.05) is 24.3 Å². The lowest BCUT2D eigenvalue weighted by Gasteiger charge is -2.14. The van der Waals surface area contributed by atoms with Crippen LogP contribution in [0.3, 0.4) is 0 Å². The van der Waals surface area contributed by atoms with Gasteiger partial charge in [-0.1, -0.05) is 48.5 Å². The fourth-order valence-electron chi connectivity index (χ4n) is 3.17. The molecule has 0 fully saturated rings. The Balaban J connectivity index is 1.49. The lowest BCUT2D eigenvalue weighted by Crippen LogP contribution is -2.27. The van der Waals surface area contributed by atoms with Crippen molar-refractivity contribution in [2.45, 2.75) is 12.3 Å². The Hall–Kier alpha value is -2.86. The van der Waals surface area contributed by atoms with Crippen LogP contribution in [0, 0.1) is 0 Å². The minimum Gasteiger partial charge on any atom is -0.480 e. The number of aliphatic carboxylic acids is 1. The number of benzene rings is 2. The van der Waals surface area contributed by atoms with Crippen LogP contribution in [0.1, 0.15) is 23.5 Å². The highest BCUT2D eigenvalue weighted by Gasteiger charge is 2.28. The largest absolute Gasteiger partial charge is 0.480 e. The summed E-state index contributed by atoms with van der Waals surface area (Å²) in [5, 5.41) is 11.1. The van der Waals surface area contributed by atoms with Gasteiger partial charge in [0.15, 0.2) is 0 Å². The number of carboxylic acids is 1. The van der Waals surface area contributed by atoms with Crippen molar-refractivity contribution in [2.24, 2.45) is 0 Å². The highest BCUT2D eigenvalue weighted by Crippen LogP contribution is 2.44. The lowest BCUT2D eigenvalue weighted by molar-refractivity contribution is -0.142. The molecule has 2 aromatic carbocycles. The van der Waals surface area contributed by atoms with E-state index in [2.05, 4.69) is 29.6 Å². The molecule has 3 rings (SSSR count). The third kappa shape index (κ3) is 4.21. The molecular formula is C20H21NO5. The fraction of sp³-hybridized carbons (Fsp3) is 0.300. The molecule has 26 heavy (non-hydrogen) atoms. The summed E-state index contributed by atoms with van der Waals surface area (Å²) in [5.41, 5.74) is 4.72. The van der Waals surface area contributed by atoms with Crippen molar-refractivity contribution in [3.63, 3.8) is 0 Å². The molecule has 1 aliphatic rings. The standard InChI is InChI=1S/C20H21NO5/c22-19(23)13-25-11-5-10-21-20(24)26-12-18-16-8-3-1-6-14(16)15-7-2-4-9-17(15)18/h1-4,6-9,18H,5,10-13H2,(H,21,24)(H,22,23). The smallest absolute Gasteiger partial charge is 0.407 e. The Labute approximate surface area is 151 Å². The van der Waals surface area contributed by atoms with Gasteiger partial charge in [0.2, 0.25) is 0 Å². The van der Waals surface area contributed by atoms with E-state index in [-0.39, 0.29) is 25.7 Å². The van der Waals surface area contributed by atoms with Crippen molar-refractivity contribution < 1.29 is 24.2 Å². The first-order valence-corrected chi connectivity index (χ1v) is 8.55. The highest BCUT2D eigenvalue weighted by molar-refractivity contribution is 5.79. The van der Waals surface area contributed by atoms with Gasteiger partial charge in [0, 0.05) is 19.1 Å². The van der Waals surface area contributed by atoms with Crippen molar-refractivity contribution >= 4 is 12.1 Å². The van der Waals surface area contributed by atoms with Gasteiger partial charge in [-0.2, -0.15) is 0 Å². The zero-order valence-corrected chi connectivity index (χ0v) is 14.3. The number of hydrogen-bond donors (Lipinski definition) is 2. The Kier molecular flexibility index (Phi) is 5.86. The second-order valence-electron chi connectivity index (χ2n) is 6.05. The van der Waals surface area contributed by atoms with E-state index in [4.69, 9.17) is 14.6 Å². The molecule has 0 bridgehead atoms. The molecule has 0 radical (unpaired) electrons. The maximum Gasteiger partial charge on any atom is 0.407 e.